The Morgan fingerprint density at radius 1 is 1.11 bits per heavy atom. The minimum absolute atomic E-state index is 0.455. The number of nitrogens with one attached hydrogen (secondary N) is 1. The van der Waals surface area contributed by atoms with E-state index in [1.165, 1.54) is 0 Å². The molecular formula is C21H22N4O2S. The van der Waals surface area contributed by atoms with Crippen LogP contribution in [-0.4, -0.2) is 28.0 Å². The molecule has 0 radical (unpaired) electrons. The third-order valence-electron chi connectivity index (χ3n) is 4.48. The maximum Gasteiger partial charge on any atom is 0.247 e. The van der Waals surface area contributed by atoms with Gasteiger partial charge in [-0.05, 0) is 24.6 Å². The Morgan fingerprint density at radius 2 is 1.93 bits per heavy atom. The Bertz CT molecular complexity index is 967. The Kier molecular flexibility index (Phi) is 5.62. The van der Waals surface area contributed by atoms with Crippen molar-refractivity contribution in [1.29, 1.82) is 0 Å². The molecule has 0 unspecified atom stereocenters. The van der Waals surface area contributed by atoms with Gasteiger partial charge in [-0.2, -0.15) is 4.98 Å². The number of hydrogen-bond acceptors (Lipinski definition) is 7. The van der Waals surface area contributed by atoms with E-state index >= 15 is 0 Å². The van der Waals surface area contributed by atoms with Gasteiger partial charge in [0.2, 0.25) is 17.3 Å². The third kappa shape index (κ3) is 3.75. The molecular weight excluding hydrogens is 372 g/mol. The van der Waals surface area contributed by atoms with Gasteiger partial charge in [0.15, 0.2) is 5.69 Å². The Labute approximate surface area is 168 Å². The number of thioether (sulfide) groups is 1. The van der Waals surface area contributed by atoms with Crippen molar-refractivity contribution in [3.63, 3.8) is 0 Å². The van der Waals surface area contributed by atoms with Crippen molar-refractivity contribution in [3.8, 4) is 22.9 Å². The van der Waals surface area contributed by atoms with Crippen LogP contribution in [0.3, 0.4) is 0 Å². The highest BCUT2D eigenvalue weighted by molar-refractivity contribution is 7.99. The fraction of sp³-hybridized carbons (Fsp3) is 0.286. The Balaban J connectivity index is 1.76. The topological polar surface area (TPSA) is 69.2 Å². The lowest BCUT2D eigenvalue weighted by Gasteiger charge is -2.21. The van der Waals surface area contributed by atoms with Gasteiger partial charge < -0.3 is 14.8 Å². The molecule has 2 heterocycles. The van der Waals surface area contributed by atoms with Gasteiger partial charge in [0, 0.05) is 17.0 Å². The highest BCUT2D eigenvalue weighted by atomic mass is 32.2. The summed E-state index contributed by atoms with van der Waals surface area (Å²) in [6.07, 6.45) is 1.79. The second-order valence-corrected chi connectivity index (χ2v) is 7.44. The van der Waals surface area contributed by atoms with E-state index < -0.39 is 6.23 Å². The largest absolute Gasteiger partial charge is 0.496 e. The van der Waals surface area contributed by atoms with Crippen molar-refractivity contribution >= 4 is 17.4 Å². The van der Waals surface area contributed by atoms with E-state index in [1.807, 2.05) is 48.5 Å². The number of rotatable bonds is 6. The smallest absolute Gasteiger partial charge is 0.247 e. The average Bonchev–Trinajstić information content (AvgIpc) is 2.90. The molecule has 28 heavy (non-hydrogen) atoms. The molecule has 144 valence electrons. The number of ether oxygens (including phenoxy) is 2. The van der Waals surface area contributed by atoms with Crippen LogP contribution >= 0.6 is 11.8 Å². The molecule has 0 amide bonds. The number of benzene rings is 2. The van der Waals surface area contributed by atoms with Crippen molar-refractivity contribution in [1.82, 2.24) is 15.2 Å². The summed E-state index contributed by atoms with van der Waals surface area (Å²) in [6, 6.07) is 15.7. The van der Waals surface area contributed by atoms with Gasteiger partial charge in [0.25, 0.3) is 0 Å². The monoisotopic (exact) mass is 394 g/mol. The first-order valence-electron chi connectivity index (χ1n) is 9.33. The molecule has 6 nitrogen and oxygen atoms in total. The minimum atomic E-state index is -0.455. The van der Waals surface area contributed by atoms with Gasteiger partial charge in [-0.1, -0.05) is 55.4 Å². The van der Waals surface area contributed by atoms with Gasteiger partial charge in [-0.25, -0.2) is 0 Å². The number of nitrogens with zero attached hydrogens (tertiary/aromatic N) is 3. The zero-order chi connectivity index (χ0) is 19.3. The number of unbranched alkanes of at least 4 members (excludes halogenated alkanes) is 1. The molecule has 1 aromatic heterocycles. The summed E-state index contributed by atoms with van der Waals surface area (Å²) in [4.78, 5) is 4.66. The number of hydrogen-bond donors (Lipinski definition) is 1. The van der Waals surface area contributed by atoms with Crippen molar-refractivity contribution < 1.29 is 9.47 Å². The van der Waals surface area contributed by atoms with Crippen LogP contribution in [0.2, 0.25) is 0 Å². The third-order valence-corrected chi connectivity index (χ3v) is 5.41. The Morgan fingerprint density at radius 3 is 2.79 bits per heavy atom. The van der Waals surface area contributed by atoms with E-state index in [0.717, 1.165) is 41.2 Å². The molecule has 7 heteroatoms. The summed E-state index contributed by atoms with van der Waals surface area (Å²) < 4.78 is 11.8. The lowest BCUT2D eigenvalue weighted by Crippen LogP contribution is -2.18. The lowest BCUT2D eigenvalue weighted by molar-refractivity contribution is 0.220. The summed E-state index contributed by atoms with van der Waals surface area (Å²) >= 11 is 1.60. The standard InChI is InChI=1S/C21H22N4O2S/c1-3-4-13-28-21-23-20-18(24-25-21)14-9-5-7-11-16(14)22-19(27-20)15-10-6-8-12-17(15)26-2/h5-12,19,22H,3-4,13H2,1-2H3/t19-/m1/s1. The first-order chi connectivity index (χ1) is 13.8. The predicted octanol–water partition coefficient (Wildman–Crippen LogP) is 4.94. The summed E-state index contributed by atoms with van der Waals surface area (Å²) in [7, 11) is 1.66. The molecule has 3 aromatic rings. The fourth-order valence-corrected chi connectivity index (χ4v) is 3.90. The molecule has 0 aliphatic carbocycles. The molecule has 1 atom stereocenters. The fourth-order valence-electron chi connectivity index (χ4n) is 3.04. The van der Waals surface area contributed by atoms with Gasteiger partial charge in [-0.3, -0.25) is 0 Å². The van der Waals surface area contributed by atoms with Crippen LogP contribution in [0.4, 0.5) is 5.69 Å². The second kappa shape index (κ2) is 8.48. The SMILES string of the molecule is CCCCSc1nnc2c(n1)O[C@H](c1ccccc1OC)Nc1ccccc1-2. The molecule has 0 saturated carbocycles. The van der Waals surface area contributed by atoms with Crippen LogP contribution in [0, 0.1) is 0 Å². The van der Waals surface area contributed by atoms with Crippen molar-refractivity contribution in [2.75, 3.05) is 18.2 Å². The van der Waals surface area contributed by atoms with Crippen LogP contribution in [0.1, 0.15) is 31.6 Å². The maximum absolute atomic E-state index is 6.30. The van der Waals surface area contributed by atoms with E-state index in [1.54, 1.807) is 18.9 Å². The normalized spacial score (nSPS) is 14.9. The van der Waals surface area contributed by atoms with Gasteiger partial charge in [-0.15, -0.1) is 10.2 Å². The van der Waals surface area contributed by atoms with Crippen LogP contribution in [0.5, 0.6) is 11.6 Å². The van der Waals surface area contributed by atoms with Crippen LogP contribution < -0.4 is 14.8 Å². The molecule has 0 spiro atoms. The summed E-state index contributed by atoms with van der Waals surface area (Å²) in [6.45, 7) is 2.17. The second-order valence-electron chi connectivity index (χ2n) is 6.38. The van der Waals surface area contributed by atoms with Gasteiger partial charge >= 0.3 is 0 Å². The molecule has 0 saturated heterocycles. The molecule has 1 aliphatic heterocycles. The highest BCUT2D eigenvalue weighted by Crippen LogP contribution is 2.40. The van der Waals surface area contributed by atoms with E-state index in [-0.39, 0.29) is 0 Å². The maximum atomic E-state index is 6.30. The van der Waals surface area contributed by atoms with Gasteiger partial charge in [0.05, 0.1) is 12.7 Å². The molecule has 0 fully saturated rings. The number of aromatic nitrogens is 3. The zero-order valence-electron chi connectivity index (χ0n) is 15.9. The Hall–Kier alpha value is -2.80. The molecule has 1 N–H and O–H groups in total. The number of methoxy groups -OCH3 is 1. The highest BCUT2D eigenvalue weighted by Gasteiger charge is 2.27. The van der Waals surface area contributed by atoms with Crippen molar-refractivity contribution in [3.05, 3.63) is 54.1 Å². The molecule has 0 bridgehead atoms. The van der Waals surface area contributed by atoms with Crippen LogP contribution in [0.15, 0.2) is 53.7 Å². The van der Waals surface area contributed by atoms with Crippen LogP contribution in [-0.2, 0) is 0 Å². The summed E-state index contributed by atoms with van der Waals surface area (Å²) in [5.41, 5.74) is 3.37. The van der Waals surface area contributed by atoms with Crippen molar-refractivity contribution in [2.45, 2.75) is 31.1 Å². The van der Waals surface area contributed by atoms with E-state index in [0.29, 0.717) is 16.7 Å². The lowest BCUT2D eigenvalue weighted by atomic mass is 10.1. The molecule has 1 aliphatic rings. The van der Waals surface area contributed by atoms with Crippen LogP contribution in [0.25, 0.3) is 11.3 Å². The average molecular weight is 395 g/mol. The molecule has 4 rings (SSSR count). The number of para-hydroxylation sites is 2. The van der Waals surface area contributed by atoms with E-state index in [9.17, 15) is 0 Å². The minimum Gasteiger partial charge on any atom is -0.496 e. The number of anilines is 1. The first-order valence-corrected chi connectivity index (χ1v) is 10.3. The first kappa shape index (κ1) is 18.6. The number of fused-ring (bicyclic) bond motifs is 3. The summed E-state index contributed by atoms with van der Waals surface area (Å²) in [5.74, 6) is 2.18. The van der Waals surface area contributed by atoms with Gasteiger partial charge in [0.1, 0.15) is 5.75 Å². The zero-order valence-corrected chi connectivity index (χ0v) is 16.7. The summed E-state index contributed by atoms with van der Waals surface area (Å²) in [5, 5.41) is 12.8. The molecule has 2 aromatic carbocycles. The van der Waals surface area contributed by atoms with E-state index in [2.05, 4.69) is 27.4 Å². The quantitative estimate of drug-likeness (QED) is 0.469. The van der Waals surface area contributed by atoms with E-state index in [4.69, 9.17) is 9.47 Å². The van der Waals surface area contributed by atoms with Crippen molar-refractivity contribution in [2.24, 2.45) is 0 Å². The predicted molar refractivity (Wildman–Crippen MR) is 111 cm³/mol.